The van der Waals surface area contributed by atoms with E-state index in [9.17, 15) is 29.6 Å². The number of fused-ring (bicyclic) bond motifs is 2. The third-order valence-electron chi connectivity index (χ3n) is 10.3. The average molecular weight is 780 g/mol. The van der Waals surface area contributed by atoms with Crippen LogP contribution in [-0.2, 0) is 15.9 Å². The predicted octanol–water partition coefficient (Wildman–Crippen LogP) is 5.83. The molecule has 294 valence electrons. The SMILES string of the molecule is CCC(=O)c1ccc(CCCOCCOCCNC(=O)c2ccc(C(=O)O)c(C3=C4C=CC(=[N+](C)C)C=C4[Si](C)(C)c4cc(N(C)C)ccc43)c2)c([N+](=O)[O-])c1. The molecule has 5 rings (SSSR count). The zero-order valence-corrected chi connectivity index (χ0v) is 34.2. The van der Waals surface area contributed by atoms with Crippen molar-refractivity contribution in [2.24, 2.45) is 0 Å². The van der Waals surface area contributed by atoms with Gasteiger partial charge in [0, 0.05) is 74.3 Å². The number of Topliss-reactive ketones (excluding diaryl/α,β-unsaturated/α-hetero) is 1. The Morgan fingerprint density at radius 1 is 0.893 bits per heavy atom. The van der Waals surface area contributed by atoms with Crippen LogP contribution in [0.4, 0.5) is 11.4 Å². The number of aromatic carboxylic acids is 1. The number of benzene rings is 3. The molecule has 2 N–H and O–H groups in total. The minimum Gasteiger partial charge on any atom is -0.478 e. The van der Waals surface area contributed by atoms with E-state index < -0.39 is 19.0 Å². The summed E-state index contributed by atoms with van der Waals surface area (Å²) in [4.78, 5) is 51.2. The maximum Gasteiger partial charge on any atom is 0.336 e. The van der Waals surface area contributed by atoms with Crippen LogP contribution in [0.15, 0.2) is 83.6 Å². The van der Waals surface area contributed by atoms with E-state index in [0.717, 1.165) is 28.1 Å². The number of rotatable bonds is 17. The molecule has 0 radical (unpaired) electrons. The van der Waals surface area contributed by atoms with Crippen molar-refractivity contribution in [3.05, 3.63) is 127 Å². The Bertz CT molecular complexity index is 2180. The van der Waals surface area contributed by atoms with E-state index in [1.165, 1.54) is 22.5 Å². The molecule has 3 aromatic rings. The third-order valence-corrected chi connectivity index (χ3v) is 13.8. The number of nitrogens with one attached hydrogen (secondary N) is 1. The fourth-order valence-corrected chi connectivity index (χ4v) is 10.2. The number of carbonyl (C=O) groups is 3. The lowest BCUT2D eigenvalue weighted by Crippen LogP contribution is -2.49. The summed E-state index contributed by atoms with van der Waals surface area (Å²) in [7, 11) is 5.77. The van der Waals surface area contributed by atoms with Gasteiger partial charge >= 0.3 is 5.97 Å². The normalized spacial score (nSPS) is 14.1. The highest BCUT2D eigenvalue weighted by atomic mass is 28.3. The molecule has 3 aromatic carbocycles. The second-order valence-electron chi connectivity index (χ2n) is 14.8. The number of amides is 1. The number of nitro benzene ring substituents is 1. The molecule has 0 saturated heterocycles. The Morgan fingerprint density at radius 2 is 1.61 bits per heavy atom. The second-order valence-corrected chi connectivity index (χ2v) is 19.1. The molecule has 1 heterocycles. The molecular weight excluding hydrogens is 729 g/mol. The van der Waals surface area contributed by atoms with E-state index in [2.05, 4.69) is 64.3 Å². The summed E-state index contributed by atoms with van der Waals surface area (Å²) in [5.74, 6) is -1.56. The van der Waals surface area contributed by atoms with Gasteiger partial charge in [-0.25, -0.2) is 9.37 Å². The molecule has 0 spiro atoms. The van der Waals surface area contributed by atoms with Gasteiger partial charge in [0.2, 0.25) is 0 Å². The molecule has 13 heteroatoms. The van der Waals surface area contributed by atoms with E-state index in [-0.39, 0.29) is 42.5 Å². The number of carboxylic acids is 1. The van der Waals surface area contributed by atoms with Gasteiger partial charge in [-0.05, 0) is 81.9 Å². The monoisotopic (exact) mass is 779 g/mol. The number of ether oxygens (including phenoxy) is 2. The number of hydrogen-bond acceptors (Lipinski definition) is 8. The van der Waals surface area contributed by atoms with Crippen molar-refractivity contribution in [3.63, 3.8) is 0 Å². The largest absolute Gasteiger partial charge is 0.478 e. The van der Waals surface area contributed by atoms with Crippen molar-refractivity contribution in [2.45, 2.75) is 39.3 Å². The van der Waals surface area contributed by atoms with E-state index in [1.807, 2.05) is 28.2 Å². The van der Waals surface area contributed by atoms with Gasteiger partial charge in [0.05, 0.1) is 30.3 Å². The van der Waals surface area contributed by atoms with Gasteiger partial charge in [0.1, 0.15) is 22.2 Å². The number of nitrogens with zero attached hydrogens (tertiary/aromatic N) is 3. The Kier molecular flexibility index (Phi) is 13.4. The summed E-state index contributed by atoms with van der Waals surface area (Å²) in [5.41, 5.74) is 6.66. The molecule has 1 aliphatic carbocycles. The minimum atomic E-state index is -2.26. The van der Waals surface area contributed by atoms with Gasteiger partial charge in [-0.1, -0.05) is 38.2 Å². The molecule has 0 aromatic heterocycles. The Labute approximate surface area is 329 Å². The highest BCUT2D eigenvalue weighted by molar-refractivity contribution is 6.98. The molecule has 0 unspecified atom stereocenters. The van der Waals surface area contributed by atoms with Crippen LogP contribution in [-0.4, -0.2) is 107 Å². The number of carbonyl (C=O) groups excluding carboxylic acids is 2. The first-order valence-electron chi connectivity index (χ1n) is 18.8. The first kappa shape index (κ1) is 41.7. The zero-order valence-electron chi connectivity index (χ0n) is 33.2. The quantitative estimate of drug-likeness (QED) is 0.0431. The fraction of sp³-hybridized carbons (Fsp3) is 0.349. The zero-order chi connectivity index (χ0) is 40.7. The third kappa shape index (κ3) is 9.13. The molecule has 0 bridgehead atoms. The van der Waals surface area contributed by atoms with Crippen molar-refractivity contribution in [1.82, 2.24) is 5.32 Å². The van der Waals surface area contributed by atoms with E-state index >= 15 is 0 Å². The fourth-order valence-electron chi connectivity index (χ4n) is 7.10. The molecule has 56 heavy (non-hydrogen) atoms. The Balaban J connectivity index is 1.23. The molecule has 0 atom stereocenters. The highest BCUT2D eigenvalue weighted by Crippen LogP contribution is 2.43. The van der Waals surface area contributed by atoms with E-state index in [1.54, 1.807) is 31.2 Å². The molecule has 0 saturated carbocycles. The number of carboxylic acid groups (broad SMARTS) is 1. The summed E-state index contributed by atoms with van der Waals surface area (Å²) >= 11 is 0. The van der Waals surface area contributed by atoms with Crippen LogP contribution in [0.5, 0.6) is 0 Å². The molecule has 12 nitrogen and oxygen atoms in total. The number of anilines is 1. The van der Waals surface area contributed by atoms with Crippen molar-refractivity contribution in [1.29, 1.82) is 0 Å². The lowest BCUT2D eigenvalue weighted by atomic mass is 9.86. The first-order valence-corrected chi connectivity index (χ1v) is 21.8. The number of hydrogen-bond donors (Lipinski definition) is 2. The van der Waals surface area contributed by atoms with Crippen LogP contribution in [0.25, 0.3) is 5.57 Å². The first-order chi connectivity index (χ1) is 26.6. The summed E-state index contributed by atoms with van der Waals surface area (Å²) < 4.78 is 13.4. The van der Waals surface area contributed by atoms with Crippen LogP contribution >= 0.6 is 0 Å². The maximum atomic E-state index is 13.4. The van der Waals surface area contributed by atoms with Crippen molar-refractivity contribution in [2.75, 3.05) is 66.1 Å². The van der Waals surface area contributed by atoms with Gasteiger partial charge in [-0.15, -0.1) is 0 Å². The molecule has 2 aliphatic rings. The number of ketones is 1. The minimum absolute atomic E-state index is 0.0601. The van der Waals surface area contributed by atoms with Crippen molar-refractivity contribution in [3.8, 4) is 0 Å². The van der Waals surface area contributed by atoms with Crippen LogP contribution in [0.3, 0.4) is 0 Å². The lowest BCUT2D eigenvalue weighted by Gasteiger charge is -2.38. The summed E-state index contributed by atoms with van der Waals surface area (Å²) in [5, 5.41) is 27.2. The van der Waals surface area contributed by atoms with Gasteiger partial charge in [0.15, 0.2) is 11.5 Å². The molecule has 1 aliphatic heterocycles. The lowest BCUT2D eigenvalue weighted by molar-refractivity contribution is -0.462. The molecular formula is C43H51N4O8Si+. The molecule has 0 fully saturated rings. The number of allylic oxidation sites excluding steroid dienone is 5. The van der Waals surface area contributed by atoms with Gasteiger partial charge < -0.3 is 24.8 Å². The summed E-state index contributed by atoms with van der Waals surface area (Å²) in [6.45, 7) is 7.83. The Hall–Kier alpha value is -5.50. The highest BCUT2D eigenvalue weighted by Gasteiger charge is 2.41. The van der Waals surface area contributed by atoms with Crippen molar-refractivity contribution < 1.29 is 38.5 Å². The smallest absolute Gasteiger partial charge is 0.336 e. The van der Waals surface area contributed by atoms with Crippen LogP contribution in [0.1, 0.15) is 67.5 Å². The number of aryl methyl sites for hydroxylation is 1. The average Bonchev–Trinajstić information content (AvgIpc) is 3.17. The van der Waals surface area contributed by atoms with E-state index in [0.29, 0.717) is 54.9 Å². The Morgan fingerprint density at radius 3 is 2.27 bits per heavy atom. The second kappa shape index (κ2) is 18.0. The van der Waals surface area contributed by atoms with Gasteiger partial charge in [-0.2, -0.15) is 0 Å². The van der Waals surface area contributed by atoms with E-state index in [4.69, 9.17) is 9.47 Å². The number of nitro groups is 1. The van der Waals surface area contributed by atoms with Gasteiger partial charge in [0.25, 0.3) is 11.6 Å². The standard InChI is InChI=1S/C43H50N4O8Si/c1-8-38(48)29-12-11-28(37(25-29)47(52)53)10-9-20-54-22-23-55-21-19-44-42(49)30-13-16-33(43(50)51)36(24-30)41-34-17-14-31(45(2)3)26-39(34)56(6,7)40-27-32(46(4)5)15-18-35(40)41/h11-18,24-27H,8-10,19-23H2,1-7H3,(H-,44,49,50,51)/p+1. The topological polar surface area (TPSA) is 151 Å². The maximum absolute atomic E-state index is 13.4. The van der Waals surface area contributed by atoms with Crippen LogP contribution < -0.4 is 15.4 Å². The van der Waals surface area contributed by atoms with Crippen molar-refractivity contribution >= 4 is 53.6 Å². The van der Waals surface area contributed by atoms with Crippen LogP contribution in [0.2, 0.25) is 13.1 Å². The predicted molar refractivity (Wildman–Crippen MR) is 222 cm³/mol. The molecule has 1 amide bonds. The summed E-state index contributed by atoms with van der Waals surface area (Å²) in [6.07, 6.45) is 7.64. The summed E-state index contributed by atoms with van der Waals surface area (Å²) in [6, 6.07) is 15.7. The van der Waals surface area contributed by atoms with Gasteiger partial charge in [-0.3, -0.25) is 19.7 Å². The van der Waals surface area contributed by atoms with Crippen LogP contribution in [0, 0.1) is 10.1 Å².